The maximum absolute atomic E-state index is 12.4. The van der Waals surface area contributed by atoms with Crippen LogP contribution >= 0.6 is 23.1 Å². The van der Waals surface area contributed by atoms with Crippen molar-refractivity contribution in [3.8, 4) is 0 Å². The highest BCUT2D eigenvalue weighted by Crippen LogP contribution is 2.46. The summed E-state index contributed by atoms with van der Waals surface area (Å²) in [4.78, 5) is 14.5. The molecule has 1 aromatic carbocycles. The SMILES string of the molecule is Cc1nnc(SCC(=O)/C=C2\N(C)c3ccccc3C2(C)C)s1. The minimum Gasteiger partial charge on any atom is -0.347 e. The summed E-state index contributed by atoms with van der Waals surface area (Å²) in [7, 11) is 2.02. The molecule has 0 amide bonds. The lowest BCUT2D eigenvalue weighted by Gasteiger charge is -2.23. The average molecular weight is 345 g/mol. The summed E-state index contributed by atoms with van der Waals surface area (Å²) in [5.74, 6) is 0.490. The first-order chi connectivity index (χ1) is 10.9. The largest absolute Gasteiger partial charge is 0.347 e. The standard InChI is InChI=1S/C17H19N3OS2/c1-11-18-19-16(23-11)22-10-12(21)9-15-17(2,3)13-7-5-6-8-14(13)20(15)4/h5-9H,10H2,1-4H3/b15-9-. The van der Waals surface area contributed by atoms with Gasteiger partial charge in [-0.2, -0.15) is 0 Å². The average Bonchev–Trinajstić information content (AvgIpc) is 3.02. The molecular weight excluding hydrogens is 326 g/mol. The molecule has 2 aromatic rings. The number of allylic oxidation sites excluding steroid dienone is 2. The van der Waals surface area contributed by atoms with E-state index in [0.717, 1.165) is 15.0 Å². The van der Waals surface area contributed by atoms with Gasteiger partial charge >= 0.3 is 0 Å². The molecule has 0 saturated heterocycles. The van der Waals surface area contributed by atoms with E-state index in [4.69, 9.17) is 0 Å². The van der Waals surface area contributed by atoms with Crippen molar-refractivity contribution in [3.63, 3.8) is 0 Å². The van der Waals surface area contributed by atoms with Crippen molar-refractivity contribution in [3.05, 3.63) is 46.6 Å². The zero-order valence-electron chi connectivity index (χ0n) is 13.7. The first kappa shape index (κ1) is 16.2. The molecular formula is C17H19N3OS2. The summed E-state index contributed by atoms with van der Waals surface area (Å²) in [6.07, 6.45) is 1.78. The van der Waals surface area contributed by atoms with E-state index in [1.807, 2.05) is 26.1 Å². The lowest BCUT2D eigenvalue weighted by atomic mass is 9.83. The molecule has 0 fully saturated rings. The van der Waals surface area contributed by atoms with Gasteiger partial charge in [-0.05, 0) is 18.6 Å². The van der Waals surface area contributed by atoms with Gasteiger partial charge < -0.3 is 4.90 Å². The van der Waals surface area contributed by atoms with Crippen molar-refractivity contribution in [1.29, 1.82) is 0 Å². The van der Waals surface area contributed by atoms with Crippen LogP contribution in [-0.4, -0.2) is 28.8 Å². The van der Waals surface area contributed by atoms with Crippen molar-refractivity contribution in [2.24, 2.45) is 0 Å². The maximum Gasteiger partial charge on any atom is 0.174 e. The summed E-state index contributed by atoms with van der Waals surface area (Å²) in [6, 6.07) is 8.31. The van der Waals surface area contributed by atoms with Gasteiger partial charge in [-0.15, -0.1) is 10.2 Å². The molecule has 1 aromatic heterocycles. The highest BCUT2D eigenvalue weighted by molar-refractivity contribution is 8.01. The number of ketones is 1. The van der Waals surface area contributed by atoms with Crippen molar-refractivity contribution >= 4 is 34.6 Å². The number of anilines is 1. The number of hydrogen-bond acceptors (Lipinski definition) is 6. The first-order valence-electron chi connectivity index (χ1n) is 7.41. The van der Waals surface area contributed by atoms with E-state index in [1.54, 1.807) is 6.08 Å². The van der Waals surface area contributed by atoms with Crippen LogP contribution in [0, 0.1) is 6.92 Å². The van der Waals surface area contributed by atoms with Crippen LogP contribution in [0.1, 0.15) is 24.4 Å². The Morgan fingerprint density at radius 2 is 2.09 bits per heavy atom. The Labute approximate surface area is 144 Å². The van der Waals surface area contributed by atoms with Gasteiger partial charge in [-0.1, -0.05) is 55.1 Å². The van der Waals surface area contributed by atoms with Crippen LogP contribution in [0.3, 0.4) is 0 Å². The molecule has 3 rings (SSSR count). The number of para-hydroxylation sites is 1. The van der Waals surface area contributed by atoms with Gasteiger partial charge in [0, 0.05) is 29.9 Å². The molecule has 0 saturated carbocycles. The smallest absolute Gasteiger partial charge is 0.174 e. The fourth-order valence-electron chi connectivity index (χ4n) is 2.92. The fourth-order valence-corrected chi connectivity index (χ4v) is 4.56. The molecule has 0 unspecified atom stereocenters. The number of nitrogens with zero attached hydrogens (tertiary/aromatic N) is 3. The Kier molecular flexibility index (Phi) is 4.29. The van der Waals surface area contributed by atoms with Crippen LogP contribution in [0.25, 0.3) is 0 Å². The zero-order chi connectivity index (χ0) is 16.6. The molecule has 0 N–H and O–H groups in total. The Hall–Kier alpha value is -1.66. The van der Waals surface area contributed by atoms with Gasteiger partial charge in [-0.3, -0.25) is 4.79 Å². The second-order valence-corrected chi connectivity index (χ2v) is 8.48. The van der Waals surface area contributed by atoms with Gasteiger partial charge in [0.1, 0.15) is 5.01 Å². The van der Waals surface area contributed by atoms with Crippen molar-refractivity contribution < 1.29 is 4.79 Å². The summed E-state index contributed by atoms with van der Waals surface area (Å²) < 4.78 is 0.844. The van der Waals surface area contributed by atoms with Gasteiger partial charge in [0.25, 0.3) is 0 Å². The third-order valence-electron chi connectivity index (χ3n) is 4.08. The summed E-state index contributed by atoms with van der Waals surface area (Å²) >= 11 is 2.97. The van der Waals surface area contributed by atoms with E-state index >= 15 is 0 Å². The number of carbonyl (C=O) groups excluding carboxylic acids is 1. The van der Waals surface area contributed by atoms with Crippen LogP contribution in [0.2, 0.25) is 0 Å². The number of aryl methyl sites for hydroxylation is 1. The van der Waals surface area contributed by atoms with Gasteiger partial charge in [0.2, 0.25) is 0 Å². The van der Waals surface area contributed by atoms with Gasteiger partial charge in [-0.25, -0.2) is 0 Å². The monoisotopic (exact) mass is 345 g/mol. The quantitative estimate of drug-likeness (QED) is 0.623. The van der Waals surface area contributed by atoms with Crippen LogP contribution in [0.5, 0.6) is 0 Å². The summed E-state index contributed by atoms with van der Waals surface area (Å²) in [5, 5.41) is 8.94. The highest BCUT2D eigenvalue weighted by Gasteiger charge is 2.38. The second-order valence-electron chi connectivity index (χ2n) is 6.07. The Morgan fingerprint density at radius 1 is 1.35 bits per heavy atom. The number of likely N-dealkylation sites (N-methyl/N-ethyl adjacent to an activating group) is 1. The van der Waals surface area contributed by atoms with E-state index in [0.29, 0.717) is 5.75 Å². The van der Waals surface area contributed by atoms with E-state index in [2.05, 4.69) is 41.1 Å². The van der Waals surface area contributed by atoms with Crippen LogP contribution in [0.15, 0.2) is 40.4 Å². The third-order valence-corrected chi connectivity index (χ3v) is 6.08. The Bertz CT molecular complexity index is 780. The number of hydrogen-bond donors (Lipinski definition) is 0. The Balaban J connectivity index is 1.78. The molecule has 4 nitrogen and oxygen atoms in total. The third kappa shape index (κ3) is 3.05. The van der Waals surface area contributed by atoms with Crippen LogP contribution in [-0.2, 0) is 10.2 Å². The van der Waals surface area contributed by atoms with E-state index in [9.17, 15) is 4.79 Å². The van der Waals surface area contributed by atoms with Crippen molar-refractivity contribution in [2.75, 3.05) is 17.7 Å². The normalized spacial score (nSPS) is 17.6. The predicted molar refractivity (Wildman–Crippen MR) is 96.3 cm³/mol. The molecule has 2 heterocycles. The minimum atomic E-state index is -0.162. The predicted octanol–water partition coefficient (Wildman–Crippen LogP) is 3.82. The number of carbonyl (C=O) groups is 1. The number of benzene rings is 1. The number of rotatable bonds is 4. The van der Waals surface area contributed by atoms with E-state index in [-0.39, 0.29) is 11.2 Å². The molecule has 1 aliphatic rings. The van der Waals surface area contributed by atoms with E-state index < -0.39 is 0 Å². The van der Waals surface area contributed by atoms with Crippen LogP contribution < -0.4 is 4.90 Å². The van der Waals surface area contributed by atoms with Crippen LogP contribution in [0.4, 0.5) is 5.69 Å². The molecule has 23 heavy (non-hydrogen) atoms. The van der Waals surface area contributed by atoms with Gasteiger partial charge in [0.05, 0.1) is 5.75 Å². The second kappa shape index (κ2) is 6.09. The molecule has 0 spiro atoms. The number of aromatic nitrogens is 2. The molecule has 1 aliphatic heterocycles. The zero-order valence-corrected chi connectivity index (χ0v) is 15.3. The number of thioether (sulfide) groups is 1. The van der Waals surface area contributed by atoms with E-state index in [1.165, 1.54) is 34.3 Å². The first-order valence-corrected chi connectivity index (χ1v) is 9.21. The highest BCUT2D eigenvalue weighted by atomic mass is 32.2. The Morgan fingerprint density at radius 3 is 2.74 bits per heavy atom. The van der Waals surface area contributed by atoms with Gasteiger partial charge in [0.15, 0.2) is 10.1 Å². The molecule has 0 bridgehead atoms. The molecule has 0 atom stereocenters. The fraction of sp³-hybridized carbons (Fsp3) is 0.353. The topological polar surface area (TPSA) is 46.1 Å². The van der Waals surface area contributed by atoms with Crippen molar-refractivity contribution in [1.82, 2.24) is 10.2 Å². The maximum atomic E-state index is 12.4. The van der Waals surface area contributed by atoms with Crippen molar-refractivity contribution in [2.45, 2.75) is 30.5 Å². The molecule has 0 radical (unpaired) electrons. The lowest BCUT2D eigenvalue weighted by Crippen LogP contribution is -2.24. The molecule has 6 heteroatoms. The molecule has 0 aliphatic carbocycles. The minimum absolute atomic E-state index is 0.102. The molecule has 120 valence electrons. The summed E-state index contributed by atoms with van der Waals surface area (Å²) in [6.45, 7) is 6.24. The summed E-state index contributed by atoms with van der Waals surface area (Å²) in [5.41, 5.74) is 3.31. The number of fused-ring (bicyclic) bond motifs is 1. The lowest BCUT2D eigenvalue weighted by molar-refractivity contribution is -0.112.